The van der Waals surface area contributed by atoms with E-state index in [1.807, 2.05) is 11.8 Å². The third-order valence-electron chi connectivity index (χ3n) is 3.88. The maximum absolute atomic E-state index is 12.8. The molecule has 20 heavy (non-hydrogen) atoms. The van der Waals surface area contributed by atoms with E-state index in [-0.39, 0.29) is 12.4 Å². The summed E-state index contributed by atoms with van der Waals surface area (Å²) in [4.78, 5) is 12.7. The van der Waals surface area contributed by atoms with E-state index in [0.717, 1.165) is 31.5 Å². The van der Waals surface area contributed by atoms with Crippen molar-refractivity contribution in [2.75, 3.05) is 13.1 Å². The molecule has 2 rings (SSSR count). The molecule has 110 valence electrons. The number of likely N-dealkylation sites (N-methyl/N-ethyl adjacent to an activating group) is 1. The van der Waals surface area contributed by atoms with E-state index in [4.69, 9.17) is 5.11 Å². The third kappa shape index (κ3) is 4.02. The Morgan fingerprint density at radius 1 is 1.40 bits per heavy atom. The van der Waals surface area contributed by atoms with Crippen molar-refractivity contribution >= 4 is 5.97 Å². The number of nitrogens with one attached hydrogen (secondary N) is 1. The number of nitrogens with zero attached hydrogens (tertiary/aromatic N) is 1. The lowest BCUT2D eigenvalue weighted by Crippen LogP contribution is -2.53. The van der Waals surface area contributed by atoms with Crippen molar-refractivity contribution < 1.29 is 14.3 Å². The minimum atomic E-state index is -0.769. The number of carbonyl (C=O) groups is 1. The topological polar surface area (TPSA) is 52.6 Å². The second-order valence-corrected chi connectivity index (χ2v) is 5.29. The number of halogens is 1. The Bertz CT molecular complexity index is 444. The monoisotopic (exact) mass is 280 g/mol. The van der Waals surface area contributed by atoms with Crippen LogP contribution in [0, 0.1) is 5.82 Å². The van der Waals surface area contributed by atoms with Crippen LogP contribution in [0.25, 0.3) is 0 Å². The number of benzene rings is 1. The zero-order valence-electron chi connectivity index (χ0n) is 11.7. The first-order valence-electron chi connectivity index (χ1n) is 7.02. The normalized spacial score (nSPS) is 21.8. The van der Waals surface area contributed by atoms with Gasteiger partial charge in [0.25, 0.3) is 0 Å². The van der Waals surface area contributed by atoms with Crippen molar-refractivity contribution in [2.24, 2.45) is 0 Å². The molecule has 0 aliphatic heterocycles. The van der Waals surface area contributed by atoms with Crippen molar-refractivity contribution in [1.29, 1.82) is 0 Å². The molecule has 0 saturated heterocycles. The van der Waals surface area contributed by atoms with Gasteiger partial charge in [0.15, 0.2) is 0 Å². The standard InChI is InChI=1S/C15H21FN2O2/c1-2-18(10-15(19)20)14-7-13(8-14)17-9-11-3-5-12(16)6-4-11/h3-6,13-14,17H,2,7-10H2,1H3,(H,19,20). The number of carboxylic acids is 1. The van der Waals surface area contributed by atoms with Gasteiger partial charge in [-0.1, -0.05) is 19.1 Å². The molecule has 1 aromatic carbocycles. The van der Waals surface area contributed by atoms with E-state index in [0.29, 0.717) is 12.1 Å². The zero-order chi connectivity index (χ0) is 14.5. The fourth-order valence-electron chi connectivity index (χ4n) is 2.59. The lowest BCUT2D eigenvalue weighted by atomic mass is 9.85. The molecule has 0 amide bonds. The first-order chi connectivity index (χ1) is 9.58. The molecule has 0 atom stereocenters. The molecule has 5 heteroatoms. The summed E-state index contributed by atoms with van der Waals surface area (Å²) in [5, 5.41) is 12.3. The van der Waals surface area contributed by atoms with Crippen LogP contribution in [0.4, 0.5) is 4.39 Å². The molecule has 1 fully saturated rings. The van der Waals surface area contributed by atoms with Crippen molar-refractivity contribution in [1.82, 2.24) is 10.2 Å². The number of rotatable bonds is 7. The summed E-state index contributed by atoms with van der Waals surface area (Å²) in [6, 6.07) is 7.27. The first-order valence-corrected chi connectivity index (χ1v) is 7.02. The van der Waals surface area contributed by atoms with E-state index >= 15 is 0 Å². The summed E-state index contributed by atoms with van der Waals surface area (Å²) < 4.78 is 12.8. The first kappa shape index (κ1) is 14.9. The van der Waals surface area contributed by atoms with E-state index in [1.54, 1.807) is 12.1 Å². The maximum Gasteiger partial charge on any atom is 0.317 e. The molecule has 0 heterocycles. The minimum absolute atomic E-state index is 0.117. The minimum Gasteiger partial charge on any atom is -0.480 e. The van der Waals surface area contributed by atoms with E-state index < -0.39 is 5.97 Å². The number of carboxylic acid groups (broad SMARTS) is 1. The maximum atomic E-state index is 12.8. The molecule has 1 aliphatic rings. The van der Waals surface area contributed by atoms with E-state index in [9.17, 15) is 9.18 Å². The molecule has 4 nitrogen and oxygen atoms in total. The van der Waals surface area contributed by atoms with Crippen LogP contribution in [0.2, 0.25) is 0 Å². The molecule has 0 unspecified atom stereocenters. The molecule has 0 radical (unpaired) electrons. The second-order valence-electron chi connectivity index (χ2n) is 5.29. The highest BCUT2D eigenvalue weighted by molar-refractivity contribution is 5.69. The van der Waals surface area contributed by atoms with Crippen molar-refractivity contribution in [2.45, 2.75) is 38.4 Å². The zero-order valence-corrected chi connectivity index (χ0v) is 11.7. The van der Waals surface area contributed by atoms with Gasteiger partial charge in [-0.2, -0.15) is 0 Å². The second kappa shape index (κ2) is 6.81. The van der Waals surface area contributed by atoms with Crippen LogP contribution in [0.3, 0.4) is 0 Å². The van der Waals surface area contributed by atoms with Gasteiger partial charge in [0, 0.05) is 18.6 Å². The Morgan fingerprint density at radius 3 is 2.60 bits per heavy atom. The van der Waals surface area contributed by atoms with Gasteiger partial charge >= 0.3 is 5.97 Å². The van der Waals surface area contributed by atoms with Gasteiger partial charge in [0.1, 0.15) is 5.82 Å². The molecule has 0 bridgehead atoms. The van der Waals surface area contributed by atoms with Crippen LogP contribution in [-0.4, -0.2) is 41.1 Å². The van der Waals surface area contributed by atoms with Gasteiger partial charge < -0.3 is 10.4 Å². The quantitative estimate of drug-likeness (QED) is 0.800. The molecule has 1 saturated carbocycles. The molecule has 1 aliphatic carbocycles. The lowest BCUT2D eigenvalue weighted by molar-refractivity contribution is -0.139. The molecule has 1 aromatic rings. The van der Waals surface area contributed by atoms with Crippen LogP contribution < -0.4 is 5.32 Å². The van der Waals surface area contributed by atoms with E-state index in [1.165, 1.54) is 12.1 Å². The molecular weight excluding hydrogens is 259 g/mol. The Hall–Kier alpha value is -1.46. The smallest absolute Gasteiger partial charge is 0.317 e. The average molecular weight is 280 g/mol. The van der Waals surface area contributed by atoms with Gasteiger partial charge in [0.2, 0.25) is 0 Å². The van der Waals surface area contributed by atoms with Gasteiger partial charge in [-0.05, 0) is 37.1 Å². The highest BCUT2D eigenvalue weighted by Crippen LogP contribution is 2.25. The molecule has 2 N–H and O–H groups in total. The van der Waals surface area contributed by atoms with Gasteiger partial charge in [-0.25, -0.2) is 4.39 Å². The van der Waals surface area contributed by atoms with Crippen LogP contribution in [0.5, 0.6) is 0 Å². The summed E-state index contributed by atoms with van der Waals surface area (Å²) in [5.41, 5.74) is 1.06. The van der Waals surface area contributed by atoms with Crippen molar-refractivity contribution in [3.8, 4) is 0 Å². The molecule has 0 spiro atoms. The number of hydrogen-bond donors (Lipinski definition) is 2. The Morgan fingerprint density at radius 2 is 2.05 bits per heavy atom. The fourth-order valence-corrected chi connectivity index (χ4v) is 2.59. The van der Waals surface area contributed by atoms with Gasteiger partial charge in [-0.15, -0.1) is 0 Å². The van der Waals surface area contributed by atoms with Gasteiger partial charge in [-0.3, -0.25) is 9.69 Å². The highest BCUT2D eigenvalue weighted by atomic mass is 19.1. The highest BCUT2D eigenvalue weighted by Gasteiger charge is 2.33. The molecular formula is C15H21FN2O2. The summed E-state index contributed by atoms with van der Waals surface area (Å²) in [6.07, 6.45) is 1.95. The van der Waals surface area contributed by atoms with E-state index in [2.05, 4.69) is 5.32 Å². The summed E-state index contributed by atoms with van der Waals surface area (Å²) in [5.74, 6) is -0.987. The molecule has 0 aromatic heterocycles. The van der Waals surface area contributed by atoms with Crippen LogP contribution in [0.15, 0.2) is 24.3 Å². The third-order valence-corrected chi connectivity index (χ3v) is 3.88. The van der Waals surface area contributed by atoms with Crippen LogP contribution in [-0.2, 0) is 11.3 Å². The SMILES string of the molecule is CCN(CC(=O)O)C1CC(NCc2ccc(F)cc2)C1. The summed E-state index contributed by atoms with van der Waals surface area (Å²) >= 11 is 0. The Labute approximate surface area is 118 Å². The summed E-state index contributed by atoms with van der Waals surface area (Å²) in [6.45, 7) is 3.60. The van der Waals surface area contributed by atoms with Crippen molar-refractivity contribution in [3.63, 3.8) is 0 Å². The number of hydrogen-bond acceptors (Lipinski definition) is 3. The Kier molecular flexibility index (Phi) is 5.09. The number of aliphatic carboxylic acids is 1. The predicted octanol–water partition coefficient (Wildman–Crippen LogP) is 1.85. The predicted molar refractivity (Wildman–Crippen MR) is 74.9 cm³/mol. The van der Waals surface area contributed by atoms with Crippen molar-refractivity contribution in [3.05, 3.63) is 35.6 Å². The fraction of sp³-hybridized carbons (Fsp3) is 0.533. The van der Waals surface area contributed by atoms with Crippen LogP contribution >= 0.6 is 0 Å². The lowest BCUT2D eigenvalue weighted by Gasteiger charge is -2.42. The largest absolute Gasteiger partial charge is 0.480 e. The van der Waals surface area contributed by atoms with Gasteiger partial charge in [0.05, 0.1) is 6.54 Å². The summed E-state index contributed by atoms with van der Waals surface area (Å²) in [7, 11) is 0. The van der Waals surface area contributed by atoms with Crippen LogP contribution in [0.1, 0.15) is 25.3 Å². The average Bonchev–Trinajstić information content (AvgIpc) is 2.37. The Balaban J connectivity index is 1.71.